The molecule has 28 heavy (non-hydrogen) atoms. The molecular weight excluding hydrogens is 394 g/mol. The first-order chi connectivity index (χ1) is 13.2. The molecule has 0 saturated carbocycles. The standard InChI is InChI=1S/C20H29N5OS.ClH/c1-3-15-4-6-17(7-5-15)22-19(26)20-24-23-18(27-20)14-25-12-9-16(10-13-25)8-11-21-2;/h4-7,16,21H,3,8-14H2,1-2H3,(H,22,26);1H. The molecule has 1 aromatic heterocycles. The van der Waals surface area contributed by atoms with Crippen molar-refractivity contribution >= 4 is 35.3 Å². The number of nitrogens with zero attached hydrogens (tertiary/aromatic N) is 3. The van der Waals surface area contributed by atoms with Crippen LogP contribution in [0.15, 0.2) is 24.3 Å². The third-order valence-electron chi connectivity index (χ3n) is 5.15. The molecular formula is C20H30ClN5OS. The van der Waals surface area contributed by atoms with Gasteiger partial charge in [0.25, 0.3) is 5.91 Å². The van der Waals surface area contributed by atoms with E-state index in [0.717, 1.165) is 49.2 Å². The SMILES string of the molecule is CCc1ccc(NC(=O)c2nnc(CN3CCC(CCNC)CC3)s2)cc1.Cl. The normalized spacial score (nSPS) is 15.2. The first-order valence-corrected chi connectivity index (χ1v) is 10.6. The van der Waals surface area contributed by atoms with E-state index in [1.165, 1.54) is 36.2 Å². The summed E-state index contributed by atoms with van der Waals surface area (Å²) in [6.07, 6.45) is 4.72. The van der Waals surface area contributed by atoms with Crippen molar-refractivity contribution in [2.24, 2.45) is 5.92 Å². The first kappa shape index (κ1) is 22.7. The maximum absolute atomic E-state index is 12.4. The fourth-order valence-electron chi connectivity index (χ4n) is 3.39. The second-order valence-electron chi connectivity index (χ2n) is 7.12. The van der Waals surface area contributed by atoms with E-state index < -0.39 is 0 Å². The lowest BCUT2D eigenvalue weighted by atomic mass is 9.93. The number of anilines is 1. The second kappa shape index (κ2) is 11.5. The summed E-state index contributed by atoms with van der Waals surface area (Å²) in [5.41, 5.74) is 2.04. The Morgan fingerprint density at radius 3 is 2.57 bits per heavy atom. The molecule has 3 rings (SSSR count). The Morgan fingerprint density at radius 2 is 1.93 bits per heavy atom. The van der Waals surface area contributed by atoms with Gasteiger partial charge in [-0.15, -0.1) is 22.6 Å². The third kappa shape index (κ3) is 6.51. The molecule has 1 fully saturated rings. The summed E-state index contributed by atoms with van der Waals surface area (Å²) in [7, 11) is 2.01. The van der Waals surface area contributed by atoms with E-state index in [9.17, 15) is 4.79 Å². The Labute approximate surface area is 177 Å². The molecule has 0 unspecified atom stereocenters. The molecule has 8 heteroatoms. The van der Waals surface area contributed by atoms with Crippen LogP contribution in [0.3, 0.4) is 0 Å². The number of aromatic nitrogens is 2. The average Bonchev–Trinajstić information content (AvgIpc) is 3.17. The number of nitrogens with one attached hydrogen (secondary N) is 2. The van der Waals surface area contributed by atoms with Crippen LogP contribution in [0.5, 0.6) is 0 Å². The van der Waals surface area contributed by atoms with Crippen LogP contribution in [0, 0.1) is 5.92 Å². The van der Waals surface area contributed by atoms with Crippen molar-refractivity contribution in [3.05, 3.63) is 39.8 Å². The number of hydrogen-bond donors (Lipinski definition) is 2. The minimum Gasteiger partial charge on any atom is -0.320 e. The van der Waals surface area contributed by atoms with Gasteiger partial charge < -0.3 is 10.6 Å². The van der Waals surface area contributed by atoms with Crippen LogP contribution in [-0.2, 0) is 13.0 Å². The van der Waals surface area contributed by atoms with Crippen LogP contribution in [-0.4, -0.2) is 47.7 Å². The van der Waals surface area contributed by atoms with E-state index in [4.69, 9.17) is 0 Å². The van der Waals surface area contributed by atoms with E-state index in [-0.39, 0.29) is 18.3 Å². The molecule has 2 heterocycles. The molecule has 0 bridgehead atoms. The van der Waals surface area contributed by atoms with E-state index in [1.54, 1.807) is 0 Å². The van der Waals surface area contributed by atoms with Crippen molar-refractivity contribution in [2.75, 3.05) is 32.0 Å². The van der Waals surface area contributed by atoms with Crippen LogP contribution in [0.25, 0.3) is 0 Å². The smallest absolute Gasteiger partial charge is 0.286 e. The van der Waals surface area contributed by atoms with Gasteiger partial charge in [0.05, 0.1) is 6.54 Å². The van der Waals surface area contributed by atoms with Gasteiger partial charge in [0.2, 0.25) is 5.01 Å². The zero-order valence-corrected chi connectivity index (χ0v) is 18.2. The van der Waals surface area contributed by atoms with Crippen molar-refractivity contribution in [3.63, 3.8) is 0 Å². The van der Waals surface area contributed by atoms with Crippen molar-refractivity contribution in [2.45, 2.75) is 39.2 Å². The number of carbonyl (C=O) groups is 1. The van der Waals surface area contributed by atoms with Gasteiger partial charge >= 0.3 is 0 Å². The van der Waals surface area contributed by atoms with Crippen molar-refractivity contribution in [3.8, 4) is 0 Å². The molecule has 154 valence electrons. The first-order valence-electron chi connectivity index (χ1n) is 9.77. The second-order valence-corrected chi connectivity index (χ2v) is 8.18. The predicted octanol–water partition coefficient (Wildman–Crippen LogP) is 3.60. The van der Waals surface area contributed by atoms with E-state index in [0.29, 0.717) is 5.01 Å². The monoisotopic (exact) mass is 423 g/mol. The van der Waals surface area contributed by atoms with Crippen LogP contribution in [0.1, 0.15) is 46.6 Å². The molecule has 0 atom stereocenters. The molecule has 2 N–H and O–H groups in total. The molecule has 1 aromatic carbocycles. The maximum Gasteiger partial charge on any atom is 0.286 e. The number of amides is 1. The lowest BCUT2D eigenvalue weighted by Gasteiger charge is -2.31. The lowest BCUT2D eigenvalue weighted by molar-refractivity contribution is 0.102. The zero-order chi connectivity index (χ0) is 19.1. The quantitative estimate of drug-likeness (QED) is 0.678. The molecule has 6 nitrogen and oxygen atoms in total. The van der Waals surface area contributed by atoms with Crippen LogP contribution < -0.4 is 10.6 Å². The molecule has 1 aliphatic rings. The fraction of sp³-hybridized carbons (Fsp3) is 0.550. The van der Waals surface area contributed by atoms with Gasteiger partial charge in [0.1, 0.15) is 5.01 Å². The highest BCUT2D eigenvalue weighted by molar-refractivity contribution is 7.13. The van der Waals surface area contributed by atoms with Gasteiger partial charge in [-0.3, -0.25) is 9.69 Å². The van der Waals surface area contributed by atoms with Gasteiger partial charge in [-0.2, -0.15) is 0 Å². The Bertz CT molecular complexity index is 728. The van der Waals surface area contributed by atoms with E-state index in [2.05, 4.69) is 32.7 Å². The van der Waals surface area contributed by atoms with Crippen LogP contribution in [0.2, 0.25) is 0 Å². The molecule has 1 aliphatic heterocycles. The zero-order valence-electron chi connectivity index (χ0n) is 16.6. The number of halogens is 1. The lowest BCUT2D eigenvalue weighted by Crippen LogP contribution is -2.34. The third-order valence-corrected chi connectivity index (χ3v) is 6.06. The van der Waals surface area contributed by atoms with Gasteiger partial charge in [0, 0.05) is 5.69 Å². The van der Waals surface area contributed by atoms with Gasteiger partial charge in [-0.25, -0.2) is 0 Å². The van der Waals surface area contributed by atoms with E-state index in [1.807, 2.05) is 31.3 Å². The largest absolute Gasteiger partial charge is 0.320 e. The minimum absolute atomic E-state index is 0. The van der Waals surface area contributed by atoms with Gasteiger partial charge in [0.15, 0.2) is 0 Å². The van der Waals surface area contributed by atoms with Crippen molar-refractivity contribution < 1.29 is 4.79 Å². The summed E-state index contributed by atoms with van der Waals surface area (Å²) in [6.45, 7) is 6.19. The highest BCUT2D eigenvalue weighted by atomic mass is 35.5. The Morgan fingerprint density at radius 1 is 1.21 bits per heavy atom. The summed E-state index contributed by atoms with van der Waals surface area (Å²) in [6, 6.07) is 7.91. The molecule has 0 radical (unpaired) electrons. The summed E-state index contributed by atoms with van der Waals surface area (Å²) >= 11 is 1.39. The number of likely N-dealkylation sites (tertiary alicyclic amines) is 1. The minimum atomic E-state index is -0.186. The van der Waals surface area contributed by atoms with Crippen molar-refractivity contribution in [1.82, 2.24) is 20.4 Å². The Kier molecular flexibility index (Phi) is 9.31. The Hall–Kier alpha value is -1.54. The predicted molar refractivity (Wildman–Crippen MR) is 117 cm³/mol. The summed E-state index contributed by atoms with van der Waals surface area (Å²) in [5.74, 6) is 0.636. The topological polar surface area (TPSA) is 70.2 Å². The number of hydrogen-bond acceptors (Lipinski definition) is 6. The average molecular weight is 424 g/mol. The number of benzene rings is 1. The highest BCUT2D eigenvalue weighted by Crippen LogP contribution is 2.22. The molecule has 2 aromatic rings. The van der Waals surface area contributed by atoms with Crippen molar-refractivity contribution in [1.29, 1.82) is 0 Å². The number of rotatable bonds is 8. The molecule has 0 aliphatic carbocycles. The summed E-state index contributed by atoms with van der Waals surface area (Å²) in [4.78, 5) is 14.8. The fourth-order valence-corrected chi connectivity index (χ4v) is 4.17. The summed E-state index contributed by atoms with van der Waals surface area (Å²) in [5, 5.41) is 15.8. The molecule has 1 amide bonds. The molecule has 0 spiro atoms. The molecule has 1 saturated heterocycles. The van der Waals surface area contributed by atoms with Gasteiger partial charge in [-0.05, 0) is 76.0 Å². The number of piperidine rings is 1. The Balaban J connectivity index is 0.00000280. The highest BCUT2D eigenvalue weighted by Gasteiger charge is 2.21. The van der Waals surface area contributed by atoms with Crippen LogP contribution in [0.4, 0.5) is 5.69 Å². The van der Waals surface area contributed by atoms with E-state index >= 15 is 0 Å². The van der Waals surface area contributed by atoms with Crippen LogP contribution >= 0.6 is 23.7 Å². The number of carbonyl (C=O) groups excluding carboxylic acids is 1. The maximum atomic E-state index is 12.4. The van der Waals surface area contributed by atoms with Gasteiger partial charge in [-0.1, -0.05) is 30.4 Å². The summed E-state index contributed by atoms with van der Waals surface area (Å²) < 4.78 is 0. The number of aryl methyl sites for hydroxylation is 1.